The summed E-state index contributed by atoms with van der Waals surface area (Å²) in [6.45, 7) is 4.90. The number of hydrogen-bond acceptors (Lipinski definition) is 6. The van der Waals surface area contributed by atoms with Crippen molar-refractivity contribution in [3.05, 3.63) is 35.9 Å². The van der Waals surface area contributed by atoms with Gasteiger partial charge in [0.2, 0.25) is 5.91 Å². The van der Waals surface area contributed by atoms with E-state index in [-0.39, 0.29) is 19.4 Å². The Balaban J connectivity index is 2.53. The van der Waals surface area contributed by atoms with Crippen LogP contribution in [0.4, 0.5) is 0 Å². The molecule has 1 atom stereocenters. The molecule has 2 amide bonds. The summed E-state index contributed by atoms with van der Waals surface area (Å²) in [6, 6.07) is 7.41. The predicted octanol–water partition coefficient (Wildman–Crippen LogP) is 1.20. The number of rotatable bonds is 8. The molecule has 0 unspecified atom stereocenters. The maximum absolute atomic E-state index is 12.0. The molecule has 0 aliphatic carbocycles. The number of methoxy groups -OCH3 is 1. The molecule has 2 N–H and O–H groups in total. The SMILES string of the molecule is COC(=O)[C@@H](CCC(=O)OC(C)(C)C)NC(=O)CNC(=O)c1ccccc1. The van der Waals surface area contributed by atoms with E-state index in [1.54, 1.807) is 51.1 Å². The van der Waals surface area contributed by atoms with Crippen LogP contribution in [0.2, 0.25) is 0 Å². The van der Waals surface area contributed by atoms with Gasteiger partial charge in [-0.3, -0.25) is 14.4 Å². The first-order valence-corrected chi connectivity index (χ1v) is 8.54. The zero-order chi connectivity index (χ0) is 20.4. The van der Waals surface area contributed by atoms with Gasteiger partial charge in [-0.2, -0.15) is 0 Å². The Bertz CT molecular complexity index is 667. The molecule has 1 aromatic rings. The van der Waals surface area contributed by atoms with Crippen LogP contribution in [0, 0.1) is 0 Å². The fourth-order valence-electron chi connectivity index (χ4n) is 2.14. The van der Waals surface area contributed by atoms with Crippen LogP contribution in [0.1, 0.15) is 44.0 Å². The minimum atomic E-state index is -1.01. The number of ether oxygens (including phenoxy) is 2. The smallest absolute Gasteiger partial charge is 0.328 e. The standard InChI is InChI=1S/C19H26N2O6/c1-19(2,3)27-16(23)11-10-14(18(25)26-4)21-15(22)12-20-17(24)13-8-6-5-7-9-13/h5-9,14H,10-12H2,1-4H3,(H,20,24)(H,21,22)/t14-/m1/s1. The minimum absolute atomic E-state index is 0.0277. The van der Waals surface area contributed by atoms with Crippen LogP contribution in [0.3, 0.4) is 0 Å². The van der Waals surface area contributed by atoms with Gasteiger partial charge in [-0.05, 0) is 39.3 Å². The lowest BCUT2D eigenvalue weighted by molar-refractivity contribution is -0.155. The van der Waals surface area contributed by atoms with Gasteiger partial charge < -0.3 is 20.1 Å². The molecule has 148 valence electrons. The van der Waals surface area contributed by atoms with E-state index >= 15 is 0 Å². The van der Waals surface area contributed by atoms with E-state index in [2.05, 4.69) is 15.4 Å². The molecular formula is C19H26N2O6. The number of carbonyl (C=O) groups excluding carboxylic acids is 4. The maximum Gasteiger partial charge on any atom is 0.328 e. The van der Waals surface area contributed by atoms with Crippen molar-refractivity contribution >= 4 is 23.8 Å². The zero-order valence-electron chi connectivity index (χ0n) is 16.0. The number of carbonyl (C=O) groups is 4. The van der Waals surface area contributed by atoms with Gasteiger partial charge in [0.1, 0.15) is 11.6 Å². The first-order valence-electron chi connectivity index (χ1n) is 8.54. The number of benzene rings is 1. The second-order valence-electron chi connectivity index (χ2n) is 6.82. The normalized spacial score (nSPS) is 11.9. The molecule has 0 bridgehead atoms. The molecule has 0 saturated heterocycles. The number of nitrogens with one attached hydrogen (secondary N) is 2. The predicted molar refractivity (Wildman–Crippen MR) is 97.8 cm³/mol. The fraction of sp³-hybridized carbons (Fsp3) is 0.474. The van der Waals surface area contributed by atoms with Crippen LogP contribution in [-0.2, 0) is 23.9 Å². The van der Waals surface area contributed by atoms with Crippen LogP contribution < -0.4 is 10.6 Å². The molecule has 8 heteroatoms. The van der Waals surface area contributed by atoms with E-state index in [9.17, 15) is 19.2 Å². The van der Waals surface area contributed by atoms with Crippen molar-refractivity contribution in [1.82, 2.24) is 10.6 Å². The average Bonchev–Trinajstić information content (AvgIpc) is 2.61. The van der Waals surface area contributed by atoms with E-state index in [1.807, 2.05) is 0 Å². The molecule has 27 heavy (non-hydrogen) atoms. The lowest BCUT2D eigenvalue weighted by Crippen LogP contribution is -2.46. The van der Waals surface area contributed by atoms with Gasteiger partial charge in [0, 0.05) is 12.0 Å². The lowest BCUT2D eigenvalue weighted by Gasteiger charge is -2.21. The first kappa shape index (κ1) is 22.1. The van der Waals surface area contributed by atoms with Crippen molar-refractivity contribution in [2.75, 3.05) is 13.7 Å². The highest BCUT2D eigenvalue weighted by Gasteiger charge is 2.24. The Morgan fingerprint density at radius 3 is 2.26 bits per heavy atom. The van der Waals surface area contributed by atoms with Crippen molar-refractivity contribution < 1.29 is 28.7 Å². The summed E-state index contributed by atoms with van der Waals surface area (Å²) in [6.07, 6.45) is -0.0341. The fourth-order valence-corrected chi connectivity index (χ4v) is 2.14. The molecule has 0 aromatic heterocycles. The summed E-state index contributed by atoms with van der Waals surface area (Å²) in [7, 11) is 1.19. The molecule has 0 aliphatic rings. The third-order valence-electron chi connectivity index (χ3n) is 3.32. The first-order chi connectivity index (χ1) is 12.6. The van der Waals surface area contributed by atoms with Gasteiger partial charge >= 0.3 is 11.9 Å². The summed E-state index contributed by atoms with van der Waals surface area (Å²) in [5.41, 5.74) is -0.220. The summed E-state index contributed by atoms with van der Waals surface area (Å²) < 4.78 is 9.82. The van der Waals surface area contributed by atoms with Crippen LogP contribution in [0.15, 0.2) is 30.3 Å². The largest absolute Gasteiger partial charge is 0.467 e. The van der Waals surface area contributed by atoms with E-state index in [0.717, 1.165) is 0 Å². The highest BCUT2D eigenvalue weighted by molar-refractivity contribution is 5.96. The van der Waals surface area contributed by atoms with Crippen molar-refractivity contribution in [2.45, 2.75) is 45.3 Å². The topological polar surface area (TPSA) is 111 Å². The van der Waals surface area contributed by atoms with Crippen LogP contribution in [0.25, 0.3) is 0 Å². The summed E-state index contributed by atoms with van der Waals surface area (Å²) in [5, 5.41) is 4.92. The van der Waals surface area contributed by atoms with Crippen molar-refractivity contribution in [3.8, 4) is 0 Å². The van der Waals surface area contributed by atoms with Crippen molar-refractivity contribution in [2.24, 2.45) is 0 Å². The third-order valence-corrected chi connectivity index (χ3v) is 3.32. The van der Waals surface area contributed by atoms with Gasteiger partial charge in [0.15, 0.2) is 0 Å². The van der Waals surface area contributed by atoms with Crippen LogP contribution >= 0.6 is 0 Å². The average molecular weight is 378 g/mol. The third kappa shape index (κ3) is 8.84. The Hall–Kier alpha value is -2.90. The van der Waals surface area contributed by atoms with E-state index in [4.69, 9.17) is 4.74 Å². The van der Waals surface area contributed by atoms with Crippen LogP contribution in [-0.4, -0.2) is 49.1 Å². The Labute approximate surface area is 158 Å². The molecule has 0 radical (unpaired) electrons. The second-order valence-corrected chi connectivity index (χ2v) is 6.82. The van der Waals surface area contributed by atoms with Gasteiger partial charge in [-0.15, -0.1) is 0 Å². The van der Waals surface area contributed by atoms with Crippen molar-refractivity contribution in [3.63, 3.8) is 0 Å². The quantitative estimate of drug-likeness (QED) is 0.658. The van der Waals surface area contributed by atoms with Gasteiger partial charge in [-0.25, -0.2) is 4.79 Å². The number of amides is 2. The van der Waals surface area contributed by atoms with E-state index in [1.165, 1.54) is 7.11 Å². The molecular weight excluding hydrogens is 352 g/mol. The summed E-state index contributed by atoms with van der Waals surface area (Å²) in [5.74, 6) is -2.14. The Morgan fingerprint density at radius 1 is 1.07 bits per heavy atom. The Kier molecular flexibility index (Phi) is 8.44. The molecule has 8 nitrogen and oxygen atoms in total. The van der Waals surface area contributed by atoms with Gasteiger partial charge in [0.05, 0.1) is 13.7 Å². The van der Waals surface area contributed by atoms with Crippen LogP contribution in [0.5, 0.6) is 0 Å². The minimum Gasteiger partial charge on any atom is -0.467 e. The molecule has 0 saturated carbocycles. The van der Waals surface area contributed by atoms with Gasteiger partial charge in [0.25, 0.3) is 5.91 Å². The zero-order valence-corrected chi connectivity index (χ0v) is 16.0. The molecule has 1 aromatic carbocycles. The highest BCUT2D eigenvalue weighted by Crippen LogP contribution is 2.10. The van der Waals surface area contributed by atoms with E-state index in [0.29, 0.717) is 5.56 Å². The molecule has 1 rings (SSSR count). The molecule has 0 aliphatic heterocycles. The lowest BCUT2D eigenvalue weighted by atomic mass is 10.1. The Morgan fingerprint density at radius 2 is 1.70 bits per heavy atom. The van der Waals surface area contributed by atoms with Gasteiger partial charge in [-0.1, -0.05) is 18.2 Å². The maximum atomic E-state index is 12.0. The summed E-state index contributed by atoms with van der Waals surface area (Å²) in [4.78, 5) is 47.6. The number of esters is 2. The molecule has 0 spiro atoms. The molecule has 0 fully saturated rings. The number of hydrogen-bond donors (Lipinski definition) is 2. The van der Waals surface area contributed by atoms with E-state index < -0.39 is 35.4 Å². The monoisotopic (exact) mass is 378 g/mol. The molecule has 0 heterocycles. The second kappa shape index (κ2) is 10.3. The van der Waals surface area contributed by atoms with Crippen molar-refractivity contribution in [1.29, 1.82) is 0 Å². The summed E-state index contributed by atoms with van der Waals surface area (Å²) >= 11 is 0. The highest BCUT2D eigenvalue weighted by atomic mass is 16.6.